The van der Waals surface area contributed by atoms with Gasteiger partial charge in [0.25, 0.3) is 0 Å². The number of nitrogens with one attached hydrogen (secondary N) is 1. The number of rotatable bonds is 3. The summed E-state index contributed by atoms with van der Waals surface area (Å²) in [7, 11) is 1.61. The van der Waals surface area contributed by atoms with Crippen molar-refractivity contribution in [3.8, 4) is 5.88 Å². The number of methoxy groups -OCH3 is 1. The molecule has 16 heavy (non-hydrogen) atoms. The molecule has 2 rings (SSSR count). The van der Waals surface area contributed by atoms with Crippen LogP contribution in [0, 0.1) is 0 Å². The maximum atomic E-state index is 5.10. The van der Waals surface area contributed by atoms with Gasteiger partial charge in [0.2, 0.25) is 5.88 Å². The van der Waals surface area contributed by atoms with E-state index in [1.54, 1.807) is 19.5 Å². The molecule has 1 aromatic heterocycles. The van der Waals surface area contributed by atoms with E-state index in [1.165, 1.54) is 0 Å². The molecule has 0 radical (unpaired) electrons. The van der Waals surface area contributed by atoms with Crippen LogP contribution in [0.25, 0.3) is 0 Å². The molecular formula is C11H18N4O. The first kappa shape index (κ1) is 11.1. The first-order valence-corrected chi connectivity index (χ1v) is 5.68. The lowest BCUT2D eigenvalue weighted by Gasteiger charge is -2.36. The lowest BCUT2D eigenvalue weighted by atomic mass is 10.1. The summed E-state index contributed by atoms with van der Waals surface area (Å²) >= 11 is 0. The van der Waals surface area contributed by atoms with Crippen molar-refractivity contribution in [3.05, 3.63) is 12.4 Å². The number of anilines is 1. The van der Waals surface area contributed by atoms with E-state index in [2.05, 4.69) is 27.1 Å². The van der Waals surface area contributed by atoms with Crippen LogP contribution in [0.4, 0.5) is 5.82 Å². The zero-order valence-electron chi connectivity index (χ0n) is 9.81. The molecule has 1 unspecified atom stereocenters. The van der Waals surface area contributed by atoms with Crippen molar-refractivity contribution in [2.75, 3.05) is 31.6 Å². The summed E-state index contributed by atoms with van der Waals surface area (Å²) in [5, 5.41) is 3.39. The van der Waals surface area contributed by atoms with Gasteiger partial charge in [-0.2, -0.15) is 4.98 Å². The van der Waals surface area contributed by atoms with Crippen LogP contribution in [0.2, 0.25) is 0 Å². The largest absolute Gasteiger partial charge is 0.480 e. The molecule has 5 heteroatoms. The molecule has 2 heterocycles. The number of hydrogen-bond donors (Lipinski definition) is 1. The molecule has 0 saturated carbocycles. The van der Waals surface area contributed by atoms with Gasteiger partial charge in [-0.15, -0.1) is 0 Å². The van der Waals surface area contributed by atoms with E-state index >= 15 is 0 Å². The molecule has 0 spiro atoms. The smallest absolute Gasteiger partial charge is 0.233 e. The molecule has 1 aliphatic heterocycles. The van der Waals surface area contributed by atoms with Crippen LogP contribution in [0.1, 0.15) is 13.3 Å². The first-order chi connectivity index (χ1) is 7.85. The fraction of sp³-hybridized carbons (Fsp3) is 0.636. The standard InChI is InChI=1S/C11H18N4O/c1-3-9-6-12-4-5-15(9)10-7-13-8-11(14-10)16-2/h7-9,12H,3-6H2,1-2H3. The molecule has 1 saturated heterocycles. The molecule has 0 aliphatic carbocycles. The highest BCUT2D eigenvalue weighted by Gasteiger charge is 2.22. The number of aromatic nitrogens is 2. The van der Waals surface area contributed by atoms with Crippen LogP contribution in [-0.4, -0.2) is 42.8 Å². The van der Waals surface area contributed by atoms with Gasteiger partial charge < -0.3 is 15.0 Å². The summed E-state index contributed by atoms with van der Waals surface area (Å²) in [4.78, 5) is 10.9. The van der Waals surface area contributed by atoms with Crippen LogP contribution in [-0.2, 0) is 0 Å². The van der Waals surface area contributed by atoms with Crippen LogP contribution in [0.3, 0.4) is 0 Å². The normalized spacial score (nSPS) is 20.9. The molecule has 1 atom stereocenters. The van der Waals surface area contributed by atoms with Gasteiger partial charge in [-0.25, -0.2) is 0 Å². The van der Waals surface area contributed by atoms with Gasteiger partial charge in [0.15, 0.2) is 5.82 Å². The molecule has 0 bridgehead atoms. The van der Waals surface area contributed by atoms with Gasteiger partial charge in [0, 0.05) is 25.7 Å². The van der Waals surface area contributed by atoms with Gasteiger partial charge in [-0.3, -0.25) is 4.98 Å². The van der Waals surface area contributed by atoms with Gasteiger partial charge in [0.1, 0.15) is 0 Å². The average molecular weight is 222 g/mol. The van der Waals surface area contributed by atoms with E-state index in [4.69, 9.17) is 4.74 Å². The molecule has 1 aromatic rings. The molecule has 0 aromatic carbocycles. The predicted molar refractivity (Wildman–Crippen MR) is 62.9 cm³/mol. The van der Waals surface area contributed by atoms with Crippen molar-refractivity contribution < 1.29 is 4.74 Å². The average Bonchev–Trinajstić information content (AvgIpc) is 2.38. The Balaban J connectivity index is 2.20. The van der Waals surface area contributed by atoms with Crippen LogP contribution >= 0.6 is 0 Å². The monoisotopic (exact) mass is 222 g/mol. The Labute approximate surface area is 95.8 Å². The Morgan fingerprint density at radius 3 is 3.19 bits per heavy atom. The number of ether oxygens (including phenoxy) is 1. The zero-order valence-corrected chi connectivity index (χ0v) is 9.81. The van der Waals surface area contributed by atoms with E-state index in [0.717, 1.165) is 31.9 Å². The summed E-state index contributed by atoms with van der Waals surface area (Å²) in [5.41, 5.74) is 0. The minimum absolute atomic E-state index is 0.496. The summed E-state index contributed by atoms with van der Waals surface area (Å²) in [6.07, 6.45) is 4.54. The van der Waals surface area contributed by atoms with Crippen LogP contribution in [0.5, 0.6) is 5.88 Å². The van der Waals surface area contributed by atoms with Gasteiger partial charge in [0.05, 0.1) is 19.5 Å². The molecular weight excluding hydrogens is 204 g/mol. The van der Waals surface area contributed by atoms with E-state index in [-0.39, 0.29) is 0 Å². The second kappa shape index (κ2) is 5.12. The van der Waals surface area contributed by atoms with Crippen molar-refractivity contribution in [1.82, 2.24) is 15.3 Å². The maximum Gasteiger partial charge on any atom is 0.233 e. The Bertz CT molecular complexity index is 345. The highest BCUT2D eigenvalue weighted by Crippen LogP contribution is 2.18. The minimum atomic E-state index is 0.496. The Morgan fingerprint density at radius 2 is 2.44 bits per heavy atom. The lowest BCUT2D eigenvalue weighted by molar-refractivity contribution is 0.393. The fourth-order valence-corrected chi connectivity index (χ4v) is 2.00. The number of nitrogens with zero attached hydrogens (tertiary/aromatic N) is 3. The minimum Gasteiger partial charge on any atom is -0.480 e. The number of piperazine rings is 1. The van der Waals surface area contributed by atoms with Crippen molar-refractivity contribution >= 4 is 5.82 Å². The second-order valence-corrected chi connectivity index (χ2v) is 3.88. The molecule has 1 aliphatic rings. The molecule has 88 valence electrons. The highest BCUT2D eigenvalue weighted by molar-refractivity contribution is 5.39. The van der Waals surface area contributed by atoms with Crippen molar-refractivity contribution in [1.29, 1.82) is 0 Å². The molecule has 1 fully saturated rings. The SMILES string of the molecule is CCC1CNCCN1c1cncc(OC)n1. The van der Waals surface area contributed by atoms with Crippen LogP contribution in [0.15, 0.2) is 12.4 Å². The summed E-state index contributed by atoms with van der Waals surface area (Å²) in [6.45, 7) is 5.17. The van der Waals surface area contributed by atoms with Gasteiger partial charge in [-0.1, -0.05) is 6.92 Å². The number of hydrogen-bond acceptors (Lipinski definition) is 5. The third-order valence-electron chi connectivity index (χ3n) is 2.92. The van der Waals surface area contributed by atoms with Crippen LogP contribution < -0.4 is 15.0 Å². The van der Waals surface area contributed by atoms with Gasteiger partial charge in [-0.05, 0) is 6.42 Å². The Kier molecular flexibility index (Phi) is 3.56. The Morgan fingerprint density at radius 1 is 1.56 bits per heavy atom. The summed E-state index contributed by atoms with van der Waals surface area (Å²) in [6, 6.07) is 0.496. The third-order valence-corrected chi connectivity index (χ3v) is 2.92. The summed E-state index contributed by atoms with van der Waals surface area (Å²) < 4.78 is 5.10. The maximum absolute atomic E-state index is 5.10. The van der Waals surface area contributed by atoms with E-state index in [0.29, 0.717) is 11.9 Å². The summed E-state index contributed by atoms with van der Waals surface area (Å²) in [5.74, 6) is 1.48. The topological polar surface area (TPSA) is 50.3 Å². The van der Waals surface area contributed by atoms with Crippen molar-refractivity contribution in [2.24, 2.45) is 0 Å². The molecule has 0 amide bonds. The van der Waals surface area contributed by atoms with E-state index in [9.17, 15) is 0 Å². The second-order valence-electron chi connectivity index (χ2n) is 3.88. The Hall–Kier alpha value is -1.36. The molecule has 5 nitrogen and oxygen atoms in total. The quantitative estimate of drug-likeness (QED) is 0.814. The van der Waals surface area contributed by atoms with E-state index < -0.39 is 0 Å². The van der Waals surface area contributed by atoms with Crippen molar-refractivity contribution in [2.45, 2.75) is 19.4 Å². The van der Waals surface area contributed by atoms with Crippen molar-refractivity contribution in [3.63, 3.8) is 0 Å². The predicted octanol–water partition coefficient (Wildman–Crippen LogP) is 0.673. The highest BCUT2D eigenvalue weighted by atomic mass is 16.5. The molecule has 1 N–H and O–H groups in total. The third kappa shape index (κ3) is 2.24. The van der Waals surface area contributed by atoms with Gasteiger partial charge >= 0.3 is 0 Å². The van der Waals surface area contributed by atoms with E-state index in [1.807, 2.05) is 0 Å². The zero-order chi connectivity index (χ0) is 11.4. The lowest BCUT2D eigenvalue weighted by Crippen LogP contribution is -2.51. The first-order valence-electron chi connectivity index (χ1n) is 5.68. The fourth-order valence-electron chi connectivity index (χ4n) is 2.00.